The van der Waals surface area contributed by atoms with E-state index in [4.69, 9.17) is 9.47 Å². The molecule has 2 aromatic rings. The fourth-order valence-corrected chi connectivity index (χ4v) is 2.82. The summed E-state index contributed by atoms with van der Waals surface area (Å²) in [6, 6.07) is 19.3. The third-order valence-electron chi connectivity index (χ3n) is 4.53. The average molecular weight is 376 g/mol. The first kappa shape index (κ1) is 20.4. The fourth-order valence-electron chi connectivity index (χ4n) is 2.82. The van der Waals surface area contributed by atoms with Gasteiger partial charge >= 0.3 is 5.97 Å². The molecule has 0 saturated heterocycles. The Hall–Kier alpha value is -1.88. The zero-order valence-electron chi connectivity index (χ0n) is 14.9. The first-order valence-electron chi connectivity index (χ1n) is 8.86. The molecule has 140 valence electrons. The summed E-state index contributed by atoms with van der Waals surface area (Å²) in [5, 5.41) is 3.55. The Balaban J connectivity index is 0.00000243. The van der Waals surface area contributed by atoms with Crippen molar-refractivity contribution in [3.63, 3.8) is 0 Å². The molecule has 0 amide bonds. The molecule has 1 N–H and O–H groups in total. The van der Waals surface area contributed by atoms with Crippen molar-refractivity contribution >= 4 is 18.4 Å². The number of nitrogens with one attached hydrogen (secondary N) is 1. The normalized spacial score (nSPS) is 14.3. The van der Waals surface area contributed by atoms with Crippen molar-refractivity contribution in [3.8, 4) is 0 Å². The number of carbonyl (C=O) groups is 1. The van der Waals surface area contributed by atoms with E-state index in [1.807, 2.05) is 36.4 Å². The van der Waals surface area contributed by atoms with Gasteiger partial charge in [0.1, 0.15) is 0 Å². The second kappa shape index (κ2) is 10.3. The quantitative estimate of drug-likeness (QED) is 0.503. The number of carbonyl (C=O) groups excluding carboxylic acids is 1. The van der Waals surface area contributed by atoms with Gasteiger partial charge in [0.15, 0.2) is 0 Å². The summed E-state index contributed by atoms with van der Waals surface area (Å²) >= 11 is 0. The molecular weight excluding hydrogens is 350 g/mol. The summed E-state index contributed by atoms with van der Waals surface area (Å²) in [6.07, 6.45) is 3.12. The zero-order valence-corrected chi connectivity index (χ0v) is 15.7. The van der Waals surface area contributed by atoms with Gasteiger partial charge in [-0.25, -0.2) is 4.79 Å². The van der Waals surface area contributed by atoms with Gasteiger partial charge in [0.25, 0.3) is 0 Å². The molecule has 1 aliphatic carbocycles. The second-order valence-corrected chi connectivity index (χ2v) is 6.50. The van der Waals surface area contributed by atoms with Crippen LogP contribution in [0.15, 0.2) is 60.7 Å². The highest BCUT2D eigenvalue weighted by atomic mass is 35.5. The van der Waals surface area contributed by atoms with Crippen LogP contribution in [0.5, 0.6) is 0 Å². The van der Waals surface area contributed by atoms with Crippen LogP contribution in [0.1, 0.15) is 35.2 Å². The van der Waals surface area contributed by atoms with Gasteiger partial charge in [-0.3, -0.25) is 0 Å². The van der Waals surface area contributed by atoms with E-state index in [1.165, 1.54) is 5.56 Å². The average Bonchev–Trinajstić information content (AvgIpc) is 3.43. The van der Waals surface area contributed by atoms with E-state index in [1.54, 1.807) is 12.1 Å². The van der Waals surface area contributed by atoms with Crippen LogP contribution >= 0.6 is 12.4 Å². The lowest BCUT2D eigenvalue weighted by molar-refractivity contribution is 0.0483. The molecule has 0 bridgehead atoms. The fraction of sp³-hybridized carbons (Fsp3) is 0.381. The predicted octanol–water partition coefficient (Wildman–Crippen LogP) is 3.99. The Bertz CT molecular complexity index is 659. The zero-order chi connectivity index (χ0) is 17.4. The molecule has 0 atom stereocenters. The van der Waals surface area contributed by atoms with Gasteiger partial charge in [0.2, 0.25) is 0 Å². The molecule has 2 aromatic carbocycles. The van der Waals surface area contributed by atoms with Gasteiger partial charge in [0.05, 0.1) is 25.4 Å². The molecule has 0 radical (unpaired) electrons. The molecule has 26 heavy (non-hydrogen) atoms. The smallest absolute Gasteiger partial charge is 0.338 e. The number of hydrogen-bond donors (Lipinski definition) is 1. The molecule has 0 unspecified atom stereocenters. The molecule has 4 nitrogen and oxygen atoms in total. The molecule has 3 rings (SSSR count). The predicted molar refractivity (Wildman–Crippen MR) is 105 cm³/mol. The minimum Gasteiger partial charge on any atom is -0.462 e. The van der Waals surface area contributed by atoms with E-state index in [-0.39, 0.29) is 23.9 Å². The third kappa shape index (κ3) is 6.45. The van der Waals surface area contributed by atoms with E-state index in [9.17, 15) is 4.79 Å². The Morgan fingerprint density at radius 1 is 0.962 bits per heavy atom. The van der Waals surface area contributed by atoms with E-state index in [0.717, 1.165) is 25.8 Å². The molecule has 0 aliphatic heterocycles. The van der Waals surface area contributed by atoms with Crippen molar-refractivity contribution in [3.05, 3.63) is 71.8 Å². The van der Waals surface area contributed by atoms with Crippen molar-refractivity contribution in [1.82, 2.24) is 5.32 Å². The van der Waals surface area contributed by atoms with Crippen LogP contribution in [-0.2, 0) is 16.1 Å². The Morgan fingerprint density at radius 2 is 1.62 bits per heavy atom. The molecular formula is C21H26ClNO3. The molecule has 1 saturated carbocycles. The van der Waals surface area contributed by atoms with Gasteiger partial charge in [-0.2, -0.15) is 0 Å². The first-order chi connectivity index (χ1) is 12.3. The van der Waals surface area contributed by atoms with Crippen LogP contribution in [0, 0.1) is 0 Å². The summed E-state index contributed by atoms with van der Waals surface area (Å²) in [4.78, 5) is 11.9. The summed E-state index contributed by atoms with van der Waals surface area (Å²) < 4.78 is 11.1. The number of esters is 1. The van der Waals surface area contributed by atoms with Crippen LogP contribution in [0.25, 0.3) is 0 Å². The highest BCUT2D eigenvalue weighted by Crippen LogP contribution is 2.38. The summed E-state index contributed by atoms with van der Waals surface area (Å²) in [5.41, 5.74) is 1.93. The highest BCUT2D eigenvalue weighted by Gasteiger charge is 2.41. The maximum absolute atomic E-state index is 11.9. The van der Waals surface area contributed by atoms with Crippen molar-refractivity contribution in [2.45, 2.75) is 31.4 Å². The molecule has 1 aliphatic rings. The van der Waals surface area contributed by atoms with Crippen molar-refractivity contribution in [2.24, 2.45) is 0 Å². The largest absolute Gasteiger partial charge is 0.462 e. The van der Waals surface area contributed by atoms with Gasteiger partial charge in [-0.1, -0.05) is 48.5 Å². The van der Waals surface area contributed by atoms with E-state index in [2.05, 4.69) is 17.4 Å². The maximum Gasteiger partial charge on any atom is 0.338 e. The summed E-state index contributed by atoms with van der Waals surface area (Å²) in [6.45, 7) is 2.59. The summed E-state index contributed by atoms with van der Waals surface area (Å²) in [7, 11) is 0. The number of ether oxygens (including phenoxy) is 2. The van der Waals surface area contributed by atoms with E-state index < -0.39 is 0 Å². The van der Waals surface area contributed by atoms with Crippen molar-refractivity contribution < 1.29 is 14.3 Å². The van der Waals surface area contributed by atoms with Crippen LogP contribution in [0.2, 0.25) is 0 Å². The van der Waals surface area contributed by atoms with E-state index in [0.29, 0.717) is 25.4 Å². The third-order valence-corrected chi connectivity index (χ3v) is 4.53. The highest BCUT2D eigenvalue weighted by molar-refractivity contribution is 5.89. The SMILES string of the molecule is Cl.O=C(OCCC1(NCCOCc2ccccc2)CC1)c1ccccc1. The number of rotatable bonds is 10. The summed E-state index contributed by atoms with van der Waals surface area (Å²) in [5.74, 6) is -0.248. The number of halogens is 1. The van der Waals surface area contributed by atoms with Gasteiger partial charge in [-0.05, 0) is 37.0 Å². The molecule has 1 fully saturated rings. The number of hydrogen-bond acceptors (Lipinski definition) is 4. The minimum atomic E-state index is -0.248. The van der Waals surface area contributed by atoms with Crippen LogP contribution < -0.4 is 5.32 Å². The minimum absolute atomic E-state index is 0. The lowest BCUT2D eigenvalue weighted by Gasteiger charge is -2.17. The molecule has 0 spiro atoms. The standard InChI is InChI=1S/C21H25NO3.ClH/c23-20(19-9-5-2-6-10-19)25-15-13-21(11-12-21)22-14-16-24-17-18-7-3-1-4-8-18;/h1-10,22H,11-17H2;1H. The van der Waals surface area contributed by atoms with Gasteiger partial charge in [0, 0.05) is 12.1 Å². The Morgan fingerprint density at radius 3 is 2.27 bits per heavy atom. The van der Waals surface area contributed by atoms with Gasteiger partial charge < -0.3 is 14.8 Å². The molecule has 0 aromatic heterocycles. The molecule has 5 heteroatoms. The molecule has 0 heterocycles. The van der Waals surface area contributed by atoms with Crippen molar-refractivity contribution in [2.75, 3.05) is 19.8 Å². The topological polar surface area (TPSA) is 47.6 Å². The lowest BCUT2D eigenvalue weighted by Crippen LogP contribution is -2.35. The van der Waals surface area contributed by atoms with Gasteiger partial charge in [-0.15, -0.1) is 12.4 Å². The Kier molecular flexibility index (Phi) is 8.10. The Labute approximate surface area is 161 Å². The first-order valence-corrected chi connectivity index (χ1v) is 8.86. The van der Waals surface area contributed by atoms with Crippen molar-refractivity contribution in [1.29, 1.82) is 0 Å². The lowest BCUT2D eigenvalue weighted by atomic mass is 10.2. The van der Waals surface area contributed by atoms with Crippen LogP contribution in [-0.4, -0.2) is 31.3 Å². The number of benzene rings is 2. The second-order valence-electron chi connectivity index (χ2n) is 6.50. The van der Waals surface area contributed by atoms with Crippen LogP contribution in [0.3, 0.4) is 0 Å². The van der Waals surface area contributed by atoms with Crippen LogP contribution in [0.4, 0.5) is 0 Å². The monoisotopic (exact) mass is 375 g/mol. The van der Waals surface area contributed by atoms with E-state index >= 15 is 0 Å². The maximum atomic E-state index is 11.9.